The molecule has 2 rings (SSSR count). The number of hydrogen-bond acceptors (Lipinski definition) is 2. The maximum Gasteiger partial charge on any atom is 0.123 e. The number of benzene rings is 2. The fourth-order valence-electron chi connectivity index (χ4n) is 3.07. The van der Waals surface area contributed by atoms with E-state index in [0.29, 0.717) is 6.42 Å². The Balaban J connectivity index is 2.47. The molecule has 0 radical (unpaired) electrons. The number of hydrogen-bond donors (Lipinski definition) is 1. The van der Waals surface area contributed by atoms with E-state index in [1.165, 1.54) is 12.1 Å². The van der Waals surface area contributed by atoms with Crippen LogP contribution in [0.15, 0.2) is 46.9 Å². The van der Waals surface area contributed by atoms with E-state index in [1.54, 1.807) is 12.1 Å². The summed E-state index contributed by atoms with van der Waals surface area (Å²) in [5.41, 5.74) is 1.62. The van der Waals surface area contributed by atoms with Gasteiger partial charge < -0.3 is 10.0 Å². The first-order valence-corrected chi connectivity index (χ1v) is 9.08. The molecule has 0 spiro atoms. The summed E-state index contributed by atoms with van der Waals surface area (Å²) in [5.74, 6) is -0.291. The van der Waals surface area contributed by atoms with Crippen molar-refractivity contribution in [1.29, 1.82) is 0 Å². The van der Waals surface area contributed by atoms with E-state index >= 15 is 0 Å². The van der Waals surface area contributed by atoms with Gasteiger partial charge in [0.25, 0.3) is 0 Å². The average molecular weight is 394 g/mol. The van der Waals surface area contributed by atoms with Gasteiger partial charge in [0, 0.05) is 4.47 Å². The number of nitrogens with zero attached hydrogens (tertiary/aromatic N) is 1. The molecule has 0 aliphatic rings. The summed E-state index contributed by atoms with van der Waals surface area (Å²) in [6, 6.07) is 12.2. The van der Waals surface area contributed by atoms with Gasteiger partial charge in [0.2, 0.25) is 0 Å². The molecule has 1 N–H and O–H groups in total. The van der Waals surface area contributed by atoms with Crippen LogP contribution in [0.5, 0.6) is 0 Å². The SMILES string of the molecule is CCc1cc(Br)ccc1[C@](O)(CCCN(C)C)c1ccc(F)cc1. The molecule has 0 saturated carbocycles. The zero-order valence-corrected chi connectivity index (χ0v) is 16.1. The molecule has 0 bridgehead atoms. The highest BCUT2D eigenvalue weighted by Crippen LogP contribution is 2.37. The zero-order chi connectivity index (χ0) is 17.7. The number of rotatable bonds is 7. The minimum absolute atomic E-state index is 0.291. The van der Waals surface area contributed by atoms with E-state index in [-0.39, 0.29) is 5.82 Å². The lowest BCUT2D eigenvalue weighted by atomic mass is 9.80. The smallest absolute Gasteiger partial charge is 0.123 e. The highest BCUT2D eigenvalue weighted by atomic mass is 79.9. The fourth-order valence-corrected chi connectivity index (χ4v) is 3.48. The van der Waals surface area contributed by atoms with Crippen LogP contribution in [0.3, 0.4) is 0 Å². The number of aliphatic hydroxyl groups is 1. The van der Waals surface area contributed by atoms with Crippen molar-refractivity contribution in [1.82, 2.24) is 4.90 Å². The van der Waals surface area contributed by atoms with Crippen molar-refractivity contribution in [3.63, 3.8) is 0 Å². The molecule has 0 aromatic heterocycles. The van der Waals surface area contributed by atoms with Crippen LogP contribution in [-0.2, 0) is 12.0 Å². The van der Waals surface area contributed by atoms with Crippen molar-refractivity contribution >= 4 is 15.9 Å². The van der Waals surface area contributed by atoms with Crippen molar-refractivity contribution < 1.29 is 9.50 Å². The number of halogens is 2. The van der Waals surface area contributed by atoms with Gasteiger partial charge in [-0.1, -0.05) is 41.1 Å². The zero-order valence-electron chi connectivity index (χ0n) is 14.5. The normalized spacial score (nSPS) is 14.0. The van der Waals surface area contributed by atoms with Crippen LogP contribution in [0, 0.1) is 5.82 Å². The second-order valence-corrected chi connectivity index (χ2v) is 7.34. The van der Waals surface area contributed by atoms with Gasteiger partial charge in [-0.2, -0.15) is 0 Å². The van der Waals surface area contributed by atoms with Crippen LogP contribution >= 0.6 is 15.9 Å². The van der Waals surface area contributed by atoms with Crippen molar-refractivity contribution in [3.05, 3.63) is 69.4 Å². The largest absolute Gasteiger partial charge is 0.380 e. The third-order valence-corrected chi connectivity index (χ3v) is 4.85. The van der Waals surface area contributed by atoms with Crippen LogP contribution in [-0.4, -0.2) is 30.6 Å². The lowest BCUT2D eigenvalue weighted by molar-refractivity contribution is 0.0655. The predicted octanol–water partition coefficient (Wildman–Crippen LogP) is 4.73. The van der Waals surface area contributed by atoms with E-state index in [2.05, 4.69) is 33.8 Å². The minimum atomic E-state index is -1.12. The first-order chi connectivity index (χ1) is 11.4. The quantitative estimate of drug-likeness (QED) is 0.734. The van der Waals surface area contributed by atoms with E-state index in [0.717, 1.165) is 40.5 Å². The lowest BCUT2D eigenvalue weighted by Gasteiger charge is -2.32. The molecule has 24 heavy (non-hydrogen) atoms. The first kappa shape index (κ1) is 19.1. The second kappa shape index (κ2) is 8.24. The van der Waals surface area contributed by atoms with Crippen LogP contribution in [0.4, 0.5) is 4.39 Å². The Hall–Kier alpha value is -1.23. The minimum Gasteiger partial charge on any atom is -0.380 e. The molecule has 0 aliphatic heterocycles. The maximum absolute atomic E-state index is 13.3. The summed E-state index contributed by atoms with van der Waals surface area (Å²) < 4.78 is 14.3. The molecule has 0 aliphatic carbocycles. The molecule has 0 fully saturated rings. The van der Waals surface area contributed by atoms with Crippen LogP contribution < -0.4 is 0 Å². The summed E-state index contributed by atoms with van der Waals surface area (Å²) in [7, 11) is 4.04. The topological polar surface area (TPSA) is 23.5 Å². The van der Waals surface area contributed by atoms with Crippen LogP contribution in [0.1, 0.15) is 36.5 Å². The second-order valence-electron chi connectivity index (χ2n) is 6.43. The summed E-state index contributed by atoms with van der Waals surface area (Å²) in [6.45, 7) is 2.97. The van der Waals surface area contributed by atoms with Crippen molar-refractivity contribution in [3.8, 4) is 0 Å². The Kier molecular flexibility index (Phi) is 6.55. The maximum atomic E-state index is 13.3. The van der Waals surface area contributed by atoms with Crippen molar-refractivity contribution in [2.24, 2.45) is 0 Å². The first-order valence-electron chi connectivity index (χ1n) is 8.29. The van der Waals surface area contributed by atoms with Gasteiger partial charge in [-0.15, -0.1) is 0 Å². The standard InChI is InChI=1S/C20H25BrFNO/c1-4-15-14-17(21)8-11-19(15)20(24,12-5-13-23(2)3)16-6-9-18(22)10-7-16/h6-11,14,24H,4-5,12-13H2,1-3H3/t20-/m0/s1. The Morgan fingerprint density at radius 3 is 2.38 bits per heavy atom. The molecular weight excluding hydrogens is 369 g/mol. The number of aryl methyl sites for hydroxylation is 1. The molecule has 2 nitrogen and oxygen atoms in total. The summed E-state index contributed by atoms with van der Waals surface area (Å²) in [5, 5.41) is 11.6. The van der Waals surface area contributed by atoms with Gasteiger partial charge >= 0.3 is 0 Å². The van der Waals surface area contributed by atoms with Gasteiger partial charge in [-0.25, -0.2) is 4.39 Å². The van der Waals surface area contributed by atoms with E-state index < -0.39 is 5.60 Å². The predicted molar refractivity (Wildman–Crippen MR) is 101 cm³/mol. The van der Waals surface area contributed by atoms with Gasteiger partial charge in [-0.05, 0) is 80.9 Å². The molecule has 0 amide bonds. The van der Waals surface area contributed by atoms with Gasteiger partial charge in [0.15, 0.2) is 0 Å². The molecule has 0 heterocycles. The molecule has 130 valence electrons. The Labute approximate surface area is 152 Å². The van der Waals surface area contributed by atoms with E-state index in [4.69, 9.17) is 0 Å². The lowest BCUT2D eigenvalue weighted by Crippen LogP contribution is -2.30. The van der Waals surface area contributed by atoms with Crippen LogP contribution in [0.2, 0.25) is 0 Å². The highest BCUT2D eigenvalue weighted by molar-refractivity contribution is 9.10. The molecule has 2 aromatic rings. The van der Waals surface area contributed by atoms with Crippen molar-refractivity contribution in [2.75, 3.05) is 20.6 Å². The molecule has 1 atom stereocenters. The Morgan fingerprint density at radius 1 is 1.12 bits per heavy atom. The average Bonchev–Trinajstić information content (AvgIpc) is 2.54. The fraction of sp³-hybridized carbons (Fsp3) is 0.400. The summed E-state index contributed by atoms with van der Waals surface area (Å²) >= 11 is 3.50. The van der Waals surface area contributed by atoms with Gasteiger partial charge in [0.1, 0.15) is 11.4 Å². The third-order valence-electron chi connectivity index (χ3n) is 4.36. The molecule has 0 unspecified atom stereocenters. The molecule has 4 heteroatoms. The third kappa shape index (κ3) is 4.44. The van der Waals surface area contributed by atoms with Gasteiger partial charge in [-0.3, -0.25) is 0 Å². The monoisotopic (exact) mass is 393 g/mol. The summed E-state index contributed by atoms with van der Waals surface area (Å²) in [6.07, 6.45) is 2.26. The molecule has 2 aromatic carbocycles. The highest BCUT2D eigenvalue weighted by Gasteiger charge is 2.33. The van der Waals surface area contributed by atoms with Crippen molar-refractivity contribution in [2.45, 2.75) is 31.8 Å². The van der Waals surface area contributed by atoms with E-state index in [1.807, 2.05) is 26.2 Å². The molecular formula is C20H25BrFNO. The summed E-state index contributed by atoms with van der Waals surface area (Å²) in [4.78, 5) is 2.10. The Bertz CT molecular complexity index is 672. The van der Waals surface area contributed by atoms with Crippen LogP contribution in [0.25, 0.3) is 0 Å². The Morgan fingerprint density at radius 2 is 1.79 bits per heavy atom. The van der Waals surface area contributed by atoms with Gasteiger partial charge in [0.05, 0.1) is 0 Å². The molecule has 0 saturated heterocycles. The van der Waals surface area contributed by atoms with E-state index in [9.17, 15) is 9.50 Å².